The Labute approximate surface area is 107 Å². The molecule has 0 radical (unpaired) electrons. The lowest BCUT2D eigenvalue weighted by Gasteiger charge is -2.07. The number of nitrogens with one attached hydrogen (secondary N) is 1. The van der Waals surface area contributed by atoms with Gasteiger partial charge in [-0.05, 0) is 25.0 Å². The minimum Gasteiger partial charge on any atom is -0.382 e. The summed E-state index contributed by atoms with van der Waals surface area (Å²) in [4.78, 5) is 4.15. The van der Waals surface area contributed by atoms with Crippen LogP contribution in [0, 0.1) is 0 Å². The SMILES string of the molecule is COCCOCCCCNc1ncccc1Cl. The van der Waals surface area contributed by atoms with Gasteiger partial charge in [0, 0.05) is 26.5 Å². The highest BCUT2D eigenvalue weighted by Gasteiger charge is 1.98. The van der Waals surface area contributed by atoms with Crippen molar-refractivity contribution in [2.24, 2.45) is 0 Å². The monoisotopic (exact) mass is 258 g/mol. The maximum atomic E-state index is 5.96. The molecular weight excluding hydrogens is 240 g/mol. The molecule has 0 atom stereocenters. The third kappa shape index (κ3) is 6.46. The molecule has 0 saturated carbocycles. The number of nitrogens with zero attached hydrogens (tertiary/aromatic N) is 1. The second kappa shape index (κ2) is 9.22. The minimum atomic E-state index is 0.655. The zero-order valence-electron chi connectivity index (χ0n) is 10.1. The number of ether oxygens (including phenoxy) is 2. The fraction of sp³-hybridized carbons (Fsp3) is 0.583. The van der Waals surface area contributed by atoms with E-state index in [1.807, 2.05) is 12.1 Å². The van der Waals surface area contributed by atoms with Crippen LogP contribution in [0.15, 0.2) is 18.3 Å². The molecule has 0 spiro atoms. The molecule has 96 valence electrons. The third-order valence-electron chi connectivity index (χ3n) is 2.20. The zero-order chi connectivity index (χ0) is 12.3. The van der Waals surface area contributed by atoms with Crippen LogP contribution in [0.25, 0.3) is 0 Å². The molecule has 1 N–H and O–H groups in total. The van der Waals surface area contributed by atoms with E-state index in [-0.39, 0.29) is 0 Å². The molecule has 0 fully saturated rings. The summed E-state index contributed by atoms with van der Waals surface area (Å²) in [6.07, 6.45) is 3.77. The fourth-order valence-electron chi connectivity index (χ4n) is 1.30. The quantitative estimate of drug-likeness (QED) is 0.692. The number of unbranched alkanes of at least 4 members (excludes halogenated alkanes) is 1. The van der Waals surface area contributed by atoms with E-state index in [9.17, 15) is 0 Å². The number of pyridine rings is 1. The first-order valence-electron chi connectivity index (χ1n) is 5.75. The van der Waals surface area contributed by atoms with E-state index in [1.165, 1.54) is 0 Å². The molecule has 0 aliphatic carbocycles. The Balaban J connectivity index is 1.99. The lowest BCUT2D eigenvalue weighted by atomic mass is 10.3. The van der Waals surface area contributed by atoms with Crippen LogP contribution in [0.3, 0.4) is 0 Å². The van der Waals surface area contributed by atoms with Gasteiger partial charge < -0.3 is 14.8 Å². The van der Waals surface area contributed by atoms with Gasteiger partial charge in [0.1, 0.15) is 5.82 Å². The van der Waals surface area contributed by atoms with E-state index in [0.717, 1.165) is 31.8 Å². The highest BCUT2D eigenvalue weighted by Crippen LogP contribution is 2.16. The van der Waals surface area contributed by atoms with Crippen LogP contribution in [-0.4, -0.2) is 38.5 Å². The van der Waals surface area contributed by atoms with Gasteiger partial charge in [-0.1, -0.05) is 11.6 Å². The van der Waals surface area contributed by atoms with Crippen LogP contribution in [0.5, 0.6) is 0 Å². The first kappa shape index (κ1) is 14.2. The normalized spacial score (nSPS) is 10.5. The predicted molar refractivity (Wildman–Crippen MR) is 69.7 cm³/mol. The van der Waals surface area contributed by atoms with Crippen molar-refractivity contribution in [3.8, 4) is 0 Å². The van der Waals surface area contributed by atoms with Crippen molar-refractivity contribution in [1.82, 2.24) is 4.98 Å². The summed E-state index contributed by atoms with van der Waals surface area (Å²) < 4.78 is 10.2. The first-order valence-corrected chi connectivity index (χ1v) is 6.13. The molecule has 1 aromatic heterocycles. The maximum absolute atomic E-state index is 5.96. The molecule has 1 heterocycles. The van der Waals surface area contributed by atoms with Gasteiger partial charge in [0.05, 0.1) is 18.2 Å². The summed E-state index contributed by atoms with van der Waals surface area (Å²) in [5.41, 5.74) is 0. The number of halogens is 1. The number of methoxy groups -OCH3 is 1. The van der Waals surface area contributed by atoms with Gasteiger partial charge >= 0.3 is 0 Å². The predicted octanol–water partition coefficient (Wildman–Crippen LogP) is 2.59. The topological polar surface area (TPSA) is 43.4 Å². The number of aromatic nitrogens is 1. The molecule has 0 bridgehead atoms. The lowest BCUT2D eigenvalue weighted by Crippen LogP contribution is -2.07. The van der Waals surface area contributed by atoms with Crippen LogP contribution in [0.4, 0.5) is 5.82 Å². The Kier molecular flexibility index (Phi) is 7.71. The summed E-state index contributed by atoms with van der Waals surface area (Å²) in [5, 5.41) is 3.85. The molecule has 0 unspecified atom stereocenters. The Morgan fingerprint density at radius 3 is 2.94 bits per heavy atom. The van der Waals surface area contributed by atoms with Crippen LogP contribution in [0.2, 0.25) is 5.02 Å². The summed E-state index contributed by atoms with van der Waals surface area (Å²) in [6, 6.07) is 3.64. The summed E-state index contributed by atoms with van der Waals surface area (Å²) in [5.74, 6) is 0.745. The van der Waals surface area contributed by atoms with Gasteiger partial charge in [-0.25, -0.2) is 4.98 Å². The van der Waals surface area contributed by atoms with Crippen LogP contribution in [-0.2, 0) is 9.47 Å². The highest BCUT2D eigenvalue weighted by atomic mass is 35.5. The van der Waals surface area contributed by atoms with E-state index >= 15 is 0 Å². The average Bonchev–Trinajstić information content (AvgIpc) is 2.35. The van der Waals surface area contributed by atoms with Gasteiger partial charge in [0.15, 0.2) is 0 Å². The molecular formula is C12H19ClN2O2. The van der Waals surface area contributed by atoms with Crippen molar-refractivity contribution in [3.63, 3.8) is 0 Å². The first-order chi connectivity index (χ1) is 8.34. The fourth-order valence-corrected chi connectivity index (χ4v) is 1.48. The van der Waals surface area contributed by atoms with Crippen LogP contribution < -0.4 is 5.32 Å². The molecule has 4 nitrogen and oxygen atoms in total. The second-order valence-electron chi connectivity index (χ2n) is 3.57. The molecule has 0 amide bonds. The van der Waals surface area contributed by atoms with Crippen molar-refractivity contribution < 1.29 is 9.47 Å². The Bertz CT molecular complexity index is 310. The minimum absolute atomic E-state index is 0.655. The molecule has 17 heavy (non-hydrogen) atoms. The van der Waals surface area contributed by atoms with Crippen molar-refractivity contribution in [2.75, 3.05) is 38.8 Å². The molecule has 5 heteroatoms. The zero-order valence-corrected chi connectivity index (χ0v) is 10.9. The molecule has 0 aliphatic rings. The Hall–Kier alpha value is -0.840. The molecule has 1 rings (SSSR count). The van der Waals surface area contributed by atoms with E-state index in [1.54, 1.807) is 13.3 Å². The van der Waals surface area contributed by atoms with Gasteiger partial charge in [-0.2, -0.15) is 0 Å². The number of rotatable bonds is 9. The van der Waals surface area contributed by atoms with Crippen molar-refractivity contribution in [1.29, 1.82) is 0 Å². The van der Waals surface area contributed by atoms with Crippen molar-refractivity contribution >= 4 is 17.4 Å². The molecule has 0 saturated heterocycles. The lowest BCUT2D eigenvalue weighted by molar-refractivity contribution is 0.0691. The van der Waals surface area contributed by atoms with Crippen molar-refractivity contribution in [3.05, 3.63) is 23.4 Å². The van der Waals surface area contributed by atoms with Crippen LogP contribution in [0.1, 0.15) is 12.8 Å². The van der Waals surface area contributed by atoms with E-state index in [4.69, 9.17) is 21.1 Å². The van der Waals surface area contributed by atoms with Gasteiger partial charge in [-0.15, -0.1) is 0 Å². The summed E-state index contributed by atoms with van der Waals surface area (Å²) in [7, 11) is 1.67. The number of anilines is 1. The number of hydrogen-bond acceptors (Lipinski definition) is 4. The average molecular weight is 259 g/mol. The Morgan fingerprint density at radius 1 is 1.29 bits per heavy atom. The largest absolute Gasteiger partial charge is 0.382 e. The Morgan fingerprint density at radius 2 is 2.18 bits per heavy atom. The summed E-state index contributed by atoms with van der Waals surface area (Å²) >= 11 is 5.96. The standard InChI is InChI=1S/C12H19ClN2O2/c1-16-9-10-17-8-3-2-6-14-12-11(13)5-4-7-15-12/h4-5,7H,2-3,6,8-10H2,1H3,(H,14,15). The third-order valence-corrected chi connectivity index (χ3v) is 2.50. The molecule has 0 aliphatic heterocycles. The second-order valence-corrected chi connectivity index (χ2v) is 3.98. The smallest absolute Gasteiger partial charge is 0.144 e. The van der Waals surface area contributed by atoms with E-state index < -0.39 is 0 Å². The highest BCUT2D eigenvalue weighted by molar-refractivity contribution is 6.32. The van der Waals surface area contributed by atoms with E-state index in [2.05, 4.69) is 10.3 Å². The molecule has 1 aromatic rings. The van der Waals surface area contributed by atoms with Gasteiger partial charge in [0.2, 0.25) is 0 Å². The number of hydrogen-bond donors (Lipinski definition) is 1. The van der Waals surface area contributed by atoms with Crippen molar-refractivity contribution in [2.45, 2.75) is 12.8 Å². The van der Waals surface area contributed by atoms with E-state index in [0.29, 0.717) is 18.2 Å². The molecule has 0 aromatic carbocycles. The van der Waals surface area contributed by atoms with Crippen LogP contribution >= 0.6 is 11.6 Å². The van der Waals surface area contributed by atoms with Gasteiger partial charge in [-0.3, -0.25) is 0 Å². The van der Waals surface area contributed by atoms with Gasteiger partial charge in [0.25, 0.3) is 0 Å². The maximum Gasteiger partial charge on any atom is 0.144 e. The summed E-state index contributed by atoms with van der Waals surface area (Å²) in [6.45, 7) is 2.93.